The van der Waals surface area contributed by atoms with Crippen LogP contribution in [0, 0.1) is 11.3 Å². The first-order valence-corrected chi connectivity index (χ1v) is 8.55. The van der Waals surface area contributed by atoms with Crippen LogP contribution in [-0.2, 0) is 7.05 Å². The average molecular weight is 330 g/mol. The fourth-order valence-electron chi connectivity index (χ4n) is 3.13. The van der Waals surface area contributed by atoms with Crippen molar-refractivity contribution in [2.24, 2.45) is 7.05 Å². The highest BCUT2D eigenvalue weighted by Gasteiger charge is 2.26. The van der Waals surface area contributed by atoms with Crippen LogP contribution < -0.4 is 9.47 Å². The Morgan fingerprint density at radius 1 is 1.08 bits per heavy atom. The highest BCUT2D eigenvalue weighted by atomic mass is 32.2. The minimum Gasteiger partial charge on any atom is -0.337 e. The Kier molecular flexibility index (Phi) is 3.51. The van der Waals surface area contributed by atoms with Crippen molar-refractivity contribution in [2.45, 2.75) is 4.90 Å². The van der Waals surface area contributed by atoms with E-state index in [-0.39, 0.29) is 0 Å². The van der Waals surface area contributed by atoms with Crippen LogP contribution in [-0.4, -0.2) is 7.05 Å². The topological polar surface area (TPSA) is 30.9 Å². The van der Waals surface area contributed by atoms with Crippen molar-refractivity contribution in [3.05, 3.63) is 71.4 Å². The van der Waals surface area contributed by atoms with Gasteiger partial charge < -0.3 is 4.90 Å². The Morgan fingerprint density at radius 3 is 2.62 bits per heavy atom. The van der Waals surface area contributed by atoms with E-state index in [0.717, 1.165) is 32.8 Å². The molecular formula is C20H16N3S+. The number of pyridine rings is 1. The van der Waals surface area contributed by atoms with Gasteiger partial charge in [0.1, 0.15) is 13.1 Å². The van der Waals surface area contributed by atoms with E-state index in [4.69, 9.17) is 0 Å². The Bertz CT molecular complexity index is 1030. The number of hydrogen-bond donors (Lipinski definition) is 0. The van der Waals surface area contributed by atoms with Crippen molar-refractivity contribution in [3.8, 4) is 6.07 Å². The zero-order valence-electron chi connectivity index (χ0n) is 13.5. The van der Waals surface area contributed by atoms with E-state index in [9.17, 15) is 5.26 Å². The number of hydrogen-bond acceptors (Lipinski definition) is 3. The molecule has 3 nitrogen and oxygen atoms in total. The van der Waals surface area contributed by atoms with E-state index in [1.54, 1.807) is 11.8 Å². The summed E-state index contributed by atoms with van der Waals surface area (Å²) in [6, 6.07) is 20.9. The lowest BCUT2D eigenvalue weighted by atomic mass is 10.0. The van der Waals surface area contributed by atoms with E-state index in [2.05, 4.69) is 39.8 Å². The smallest absolute Gasteiger partial charge is 0.212 e. The van der Waals surface area contributed by atoms with Gasteiger partial charge in [-0.2, -0.15) is 5.26 Å². The molecule has 0 aliphatic carbocycles. The first kappa shape index (κ1) is 14.8. The van der Waals surface area contributed by atoms with Crippen LogP contribution in [0.1, 0.15) is 5.56 Å². The minimum absolute atomic E-state index is 0.718. The van der Waals surface area contributed by atoms with Crippen LogP contribution in [0.3, 0.4) is 0 Å². The Labute approximate surface area is 145 Å². The molecular weight excluding hydrogens is 314 g/mol. The summed E-state index contributed by atoms with van der Waals surface area (Å²) in [5, 5.41) is 12.0. The lowest BCUT2D eigenvalue weighted by Gasteiger charge is -2.15. The summed E-state index contributed by atoms with van der Waals surface area (Å²) in [6.07, 6.45) is 2.02. The summed E-state index contributed by atoms with van der Waals surface area (Å²) in [4.78, 5) is 3.30. The molecule has 0 amide bonds. The average Bonchev–Trinajstić information content (AvgIpc) is 2.95. The van der Waals surface area contributed by atoms with Crippen molar-refractivity contribution < 1.29 is 4.57 Å². The predicted octanol–water partition coefficient (Wildman–Crippen LogP) is 4.10. The summed E-state index contributed by atoms with van der Waals surface area (Å²) >= 11 is 1.66. The highest BCUT2D eigenvalue weighted by Crippen LogP contribution is 2.47. The number of aryl methyl sites for hydroxylation is 1. The van der Waals surface area contributed by atoms with E-state index >= 15 is 0 Å². The van der Waals surface area contributed by atoms with E-state index < -0.39 is 0 Å². The number of nitriles is 1. The quantitative estimate of drug-likeness (QED) is 0.497. The molecule has 1 aliphatic rings. The lowest BCUT2D eigenvalue weighted by molar-refractivity contribution is -0.644. The number of rotatable bonds is 1. The van der Waals surface area contributed by atoms with Crippen LogP contribution in [0.15, 0.2) is 70.7 Å². The monoisotopic (exact) mass is 330 g/mol. The van der Waals surface area contributed by atoms with E-state index in [0.29, 0.717) is 0 Å². The van der Waals surface area contributed by atoms with Crippen LogP contribution >= 0.6 is 11.8 Å². The fourth-order valence-corrected chi connectivity index (χ4v) is 4.29. The molecule has 2 heterocycles. The molecule has 4 rings (SSSR count). The number of benzene rings is 2. The molecule has 1 aliphatic heterocycles. The number of nitrogens with zero attached hydrogens (tertiary/aromatic N) is 3. The molecule has 0 fully saturated rings. The van der Waals surface area contributed by atoms with Crippen LogP contribution in [0.5, 0.6) is 0 Å². The van der Waals surface area contributed by atoms with Crippen molar-refractivity contribution in [3.63, 3.8) is 0 Å². The zero-order chi connectivity index (χ0) is 16.7. The number of para-hydroxylation sites is 2. The van der Waals surface area contributed by atoms with Gasteiger partial charge >= 0.3 is 0 Å². The third kappa shape index (κ3) is 2.17. The van der Waals surface area contributed by atoms with Gasteiger partial charge in [0.25, 0.3) is 0 Å². The molecule has 24 heavy (non-hydrogen) atoms. The summed E-state index contributed by atoms with van der Waals surface area (Å²) in [5.74, 6) is 0. The normalized spacial score (nSPS) is 15.3. The van der Waals surface area contributed by atoms with Crippen molar-refractivity contribution in [1.82, 2.24) is 0 Å². The molecule has 0 bridgehead atoms. The van der Waals surface area contributed by atoms with E-state index in [1.165, 1.54) is 4.90 Å². The minimum atomic E-state index is 0.718. The van der Waals surface area contributed by atoms with Gasteiger partial charge in [-0.3, -0.25) is 0 Å². The predicted molar refractivity (Wildman–Crippen MR) is 98.4 cm³/mol. The molecule has 4 heteroatoms. The zero-order valence-corrected chi connectivity index (χ0v) is 14.3. The van der Waals surface area contributed by atoms with Crippen molar-refractivity contribution in [2.75, 3.05) is 11.9 Å². The van der Waals surface area contributed by atoms with Crippen LogP contribution in [0.4, 0.5) is 5.69 Å². The molecule has 2 aromatic carbocycles. The van der Waals surface area contributed by atoms with Gasteiger partial charge in [-0.15, -0.1) is 0 Å². The Morgan fingerprint density at radius 2 is 1.83 bits per heavy atom. The second-order valence-corrected chi connectivity index (χ2v) is 6.81. The molecule has 0 radical (unpaired) electrons. The number of aromatic nitrogens is 1. The van der Waals surface area contributed by atoms with Crippen molar-refractivity contribution in [1.29, 1.82) is 5.26 Å². The molecule has 1 aromatic heterocycles. The fraction of sp³-hybridized carbons (Fsp3) is 0.100. The summed E-state index contributed by atoms with van der Waals surface area (Å²) in [5.41, 5.74) is 3.96. The Hall–Kier alpha value is -2.77. The third-order valence-electron chi connectivity index (χ3n) is 4.37. The maximum atomic E-state index is 9.91. The third-order valence-corrected chi connectivity index (χ3v) is 5.61. The standard InChI is InChI=1S/C20H16N3S/c1-22-12-11-14(15-7-3-4-8-17(15)22)16(13-21)20-23(2)18-9-5-6-10-19(18)24-20/h3-12H,1-2H3/q+1. The maximum absolute atomic E-state index is 9.91. The van der Waals surface area contributed by atoms with Gasteiger partial charge in [0, 0.05) is 29.6 Å². The number of fused-ring (bicyclic) bond motifs is 2. The molecule has 0 unspecified atom stereocenters. The molecule has 116 valence electrons. The molecule has 0 N–H and O–H groups in total. The second-order valence-electron chi connectivity index (χ2n) is 5.78. The number of allylic oxidation sites excluding steroid dienone is 1. The largest absolute Gasteiger partial charge is 0.337 e. The lowest BCUT2D eigenvalue weighted by Crippen LogP contribution is -2.28. The van der Waals surface area contributed by atoms with Gasteiger partial charge in [-0.05, 0) is 18.2 Å². The molecule has 0 spiro atoms. The number of anilines is 1. The van der Waals surface area contributed by atoms with Gasteiger partial charge in [0.05, 0.1) is 21.7 Å². The van der Waals surface area contributed by atoms with Gasteiger partial charge in [-0.25, -0.2) is 4.57 Å². The second kappa shape index (κ2) is 5.70. The molecule has 0 saturated carbocycles. The molecule has 3 aromatic rings. The van der Waals surface area contributed by atoms with Gasteiger partial charge in [0.15, 0.2) is 6.20 Å². The van der Waals surface area contributed by atoms with Gasteiger partial charge in [-0.1, -0.05) is 36.0 Å². The highest BCUT2D eigenvalue weighted by molar-refractivity contribution is 8.04. The van der Waals surface area contributed by atoms with Crippen LogP contribution in [0.25, 0.3) is 16.5 Å². The summed E-state index contributed by atoms with van der Waals surface area (Å²) in [6.45, 7) is 0. The van der Waals surface area contributed by atoms with Crippen LogP contribution in [0.2, 0.25) is 0 Å². The molecule has 0 atom stereocenters. The maximum Gasteiger partial charge on any atom is 0.212 e. The van der Waals surface area contributed by atoms with Crippen molar-refractivity contribution >= 4 is 33.9 Å². The first-order valence-electron chi connectivity index (χ1n) is 7.73. The summed E-state index contributed by atoms with van der Waals surface area (Å²) in [7, 11) is 4.05. The molecule has 0 saturated heterocycles. The SMILES string of the molecule is CN1C(=C(C#N)c2cc[n+](C)c3ccccc23)Sc2ccccc21. The summed E-state index contributed by atoms with van der Waals surface area (Å²) < 4.78 is 2.08. The van der Waals surface area contributed by atoms with Gasteiger partial charge in [0.2, 0.25) is 5.52 Å². The number of thioether (sulfide) groups is 1. The Balaban J connectivity index is 1.97. The van der Waals surface area contributed by atoms with E-state index in [1.807, 2.05) is 50.6 Å². The first-order chi connectivity index (χ1) is 11.7.